The lowest BCUT2D eigenvalue weighted by molar-refractivity contribution is 0.363. The van der Waals surface area contributed by atoms with Crippen molar-refractivity contribution in [2.45, 2.75) is 44.8 Å². The van der Waals surface area contributed by atoms with Crippen molar-refractivity contribution in [2.24, 2.45) is 11.8 Å². The van der Waals surface area contributed by atoms with E-state index in [1.807, 2.05) is 10.8 Å². The van der Waals surface area contributed by atoms with Crippen molar-refractivity contribution in [3.05, 3.63) is 30.7 Å². The molecule has 2 aromatic rings. The van der Waals surface area contributed by atoms with Gasteiger partial charge in [-0.05, 0) is 18.3 Å². The Morgan fingerprint density at radius 3 is 3.00 bits per heavy atom. The zero-order valence-corrected chi connectivity index (χ0v) is 14.3. The van der Waals surface area contributed by atoms with Gasteiger partial charge in [0.15, 0.2) is 5.03 Å². The lowest BCUT2D eigenvalue weighted by Crippen LogP contribution is -2.33. The second kappa shape index (κ2) is 6.45. The Kier molecular flexibility index (Phi) is 4.54. The van der Waals surface area contributed by atoms with Crippen LogP contribution in [0, 0.1) is 11.8 Å². The minimum atomic E-state index is -3.55. The van der Waals surface area contributed by atoms with E-state index in [2.05, 4.69) is 33.1 Å². The number of fused-ring (bicyclic) bond motifs is 1. The Labute approximate surface area is 136 Å². The molecule has 23 heavy (non-hydrogen) atoms. The van der Waals surface area contributed by atoms with E-state index in [1.54, 1.807) is 18.7 Å². The lowest BCUT2D eigenvalue weighted by atomic mass is 10.00. The first-order valence-electron chi connectivity index (χ1n) is 7.95. The minimum Gasteiger partial charge on any atom is -0.336 e. The van der Waals surface area contributed by atoms with Crippen LogP contribution in [0.5, 0.6) is 0 Å². The Morgan fingerprint density at radius 2 is 2.22 bits per heavy atom. The summed E-state index contributed by atoms with van der Waals surface area (Å²) in [5.41, 5.74) is 0. The second-order valence-corrected chi connectivity index (χ2v) is 8.27. The van der Waals surface area contributed by atoms with E-state index in [0.717, 1.165) is 31.8 Å². The summed E-state index contributed by atoms with van der Waals surface area (Å²) in [7, 11) is -3.55. The van der Waals surface area contributed by atoms with Gasteiger partial charge in [0.05, 0.1) is 6.33 Å². The van der Waals surface area contributed by atoms with Crippen molar-refractivity contribution in [2.75, 3.05) is 6.54 Å². The largest absolute Gasteiger partial charge is 0.336 e. The SMILES string of the molecule is CC(C)Cn1cnc(S(=O)(=O)NC[C@@H]2CCc3nccn3C2)c1. The molecule has 1 atom stereocenters. The molecule has 0 aliphatic carbocycles. The Bertz CT molecular complexity index is 762. The fraction of sp³-hybridized carbons (Fsp3) is 0.600. The van der Waals surface area contributed by atoms with E-state index >= 15 is 0 Å². The monoisotopic (exact) mass is 337 g/mol. The molecular weight excluding hydrogens is 314 g/mol. The molecule has 0 saturated heterocycles. The van der Waals surface area contributed by atoms with Crippen LogP contribution in [0.4, 0.5) is 0 Å². The number of rotatable bonds is 6. The molecule has 2 aromatic heterocycles. The predicted molar refractivity (Wildman–Crippen MR) is 86.3 cm³/mol. The number of imidazole rings is 2. The molecule has 0 aromatic carbocycles. The van der Waals surface area contributed by atoms with Crippen LogP contribution in [0.15, 0.2) is 29.9 Å². The summed E-state index contributed by atoms with van der Waals surface area (Å²) < 4.78 is 31.3. The highest BCUT2D eigenvalue weighted by molar-refractivity contribution is 7.89. The van der Waals surface area contributed by atoms with Gasteiger partial charge in [0.2, 0.25) is 0 Å². The number of nitrogens with one attached hydrogen (secondary N) is 1. The Morgan fingerprint density at radius 1 is 1.39 bits per heavy atom. The van der Waals surface area contributed by atoms with Gasteiger partial charge in [-0.2, -0.15) is 0 Å². The average Bonchev–Trinajstić information content (AvgIpc) is 3.13. The summed E-state index contributed by atoms with van der Waals surface area (Å²) in [6.45, 7) is 6.16. The molecule has 0 bridgehead atoms. The number of aryl methyl sites for hydroxylation is 1. The first kappa shape index (κ1) is 16.2. The van der Waals surface area contributed by atoms with Gasteiger partial charge in [-0.15, -0.1) is 0 Å². The van der Waals surface area contributed by atoms with E-state index in [9.17, 15) is 8.42 Å². The number of hydrogen-bond acceptors (Lipinski definition) is 4. The molecule has 1 aliphatic rings. The molecule has 126 valence electrons. The zero-order valence-electron chi connectivity index (χ0n) is 13.5. The summed E-state index contributed by atoms with van der Waals surface area (Å²) in [6, 6.07) is 0. The maximum Gasteiger partial charge on any atom is 0.259 e. The van der Waals surface area contributed by atoms with Gasteiger partial charge in [-0.25, -0.2) is 23.1 Å². The van der Waals surface area contributed by atoms with E-state index in [0.29, 0.717) is 12.5 Å². The van der Waals surface area contributed by atoms with E-state index in [1.165, 1.54) is 0 Å². The molecule has 0 fully saturated rings. The van der Waals surface area contributed by atoms with Gasteiger partial charge in [-0.1, -0.05) is 13.8 Å². The first-order chi connectivity index (χ1) is 10.9. The minimum absolute atomic E-state index is 0.0947. The number of aromatic nitrogens is 4. The molecule has 1 N–H and O–H groups in total. The second-order valence-electron chi connectivity index (χ2n) is 6.55. The van der Waals surface area contributed by atoms with Gasteiger partial charge in [0, 0.05) is 44.6 Å². The molecule has 0 amide bonds. The Hall–Kier alpha value is -1.67. The molecule has 3 rings (SSSR count). The average molecular weight is 337 g/mol. The van der Waals surface area contributed by atoms with Crippen LogP contribution in [-0.2, 0) is 29.5 Å². The Balaban J connectivity index is 1.60. The van der Waals surface area contributed by atoms with Gasteiger partial charge >= 0.3 is 0 Å². The summed E-state index contributed by atoms with van der Waals surface area (Å²) in [5, 5.41) is 0.0947. The van der Waals surface area contributed by atoms with Gasteiger partial charge < -0.3 is 9.13 Å². The van der Waals surface area contributed by atoms with Gasteiger partial charge in [0.25, 0.3) is 10.0 Å². The van der Waals surface area contributed by atoms with Crippen molar-refractivity contribution in [3.8, 4) is 0 Å². The standard InChI is InChI=1S/C15H23N5O2S/c1-12(2)8-19-10-15(17-11-19)23(21,22)18-7-13-3-4-14-16-5-6-20(14)9-13/h5-6,10-13,18H,3-4,7-9H2,1-2H3/t13-/m0/s1. The molecular formula is C15H23N5O2S. The summed E-state index contributed by atoms with van der Waals surface area (Å²) in [6.07, 6.45) is 8.75. The van der Waals surface area contributed by atoms with Crippen molar-refractivity contribution in [3.63, 3.8) is 0 Å². The van der Waals surface area contributed by atoms with Crippen molar-refractivity contribution in [1.29, 1.82) is 0 Å². The number of hydrogen-bond donors (Lipinski definition) is 1. The molecule has 0 unspecified atom stereocenters. The smallest absolute Gasteiger partial charge is 0.259 e. The molecule has 3 heterocycles. The van der Waals surface area contributed by atoms with Crippen LogP contribution >= 0.6 is 0 Å². The third-order valence-electron chi connectivity index (χ3n) is 4.06. The third kappa shape index (κ3) is 3.81. The normalized spacial score (nSPS) is 18.3. The molecule has 7 nitrogen and oxygen atoms in total. The highest BCUT2D eigenvalue weighted by Crippen LogP contribution is 2.18. The molecule has 8 heteroatoms. The summed E-state index contributed by atoms with van der Waals surface area (Å²) in [5.74, 6) is 1.81. The number of sulfonamides is 1. The summed E-state index contributed by atoms with van der Waals surface area (Å²) in [4.78, 5) is 8.32. The fourth-order valence-corrected chi connectivity index (χ4v) is 3.97. The van der Waals surface area contributed by atoms with Crippen LogP contribution in [-0.4, -0.2) is 34.1 Å². The zero-order chi connectivity index (χ0) is 16.4. The lowest BCUT2D eigenvalue weighted by Gasteiger charge is -2.23. The van der Waals surface area contributed by atoms with Crippen LogP contribution in [0.2, 0.25) is 0 Å². The molecule has 0 radical (unpaired) electrons. The van der Waals surface area contributed by atoms with Crippen LogP contribution in [0.1, 0.15) is 26.1 Å². The van der Waals surface area contributed by atoms with E-state index < -0.39 is 10.0 Å². The first-order valence-corrected chi connectivity index (χ1v) is 9.44. The van der Waals surface area contributed by atoms with Crippen molar-refractivity contribution in [1.82, 2.24) is 23.8 Å². The molecule has 0 spiro atoms. The quantitative estimate of drug-likeness (QED) is 0.861. The van der Waals surface area contributed by atoms with Crippen LogP contribution in [0.3, 0.4) is 0 Å². The molecule has 1 aliphatic heterocycles. The topological polar surface area (TPSA) is 81.8 Å². The molecule has 0 saturated carbocycles. The van der Waals surface area contributed by atoms with E-state index in [4.69, 9.17) is 0 Å². The maximum atomic E-state index is 12.4. The van der Waals surface area contributed by atoms with Gasteiger partial charge in [0.1, 0.15) is 5.82 Å². The highest BCUT2D eigenvalue weighted by atomic mass is 32.2. The predicted octanol–water partition coefficient (Wildman–Crippen LogP) is 1.28. The van der Waals surface area contributed by atoms with Crippen molar-refractivity contribution >= 4 is 10.0 Å². The number of nitrogens with zero attached hydrogens (tertiary/aromatic N) is 4. The third-order valence-corrected chi connectivity index (χ3v) is 5.36. The fourth-order valence-electron chi connectivity index (χ4n) is 2.91. The van der Waals surface area contributed by atoms with E-state index in [-0.39, 0.29) is 10.9 Å². The van der Waals surface area contributed by atoms with Crippen LogP contribution in [0.25, 0.3) is 0 Å². The van der Waals surface area contributed by atoms with Gasteiger partial charge in [-0.3, -0.25) is 0 Å². The van der Waals surface area contributed by atoms with Crippen LogP contribution < -0.4 is 4.72 Å². The highest BCUT2D eigenvalue weighted by Gasteiger charge is 2.23. The maximum absolute atomic E-state index is 12.4. The van der Waals surface area contributed by atoms with Crippen molar-refractivity contribution < 1.29 is 8.42 Å². The summed E-state index contributed by atoms with van der Waals surface area (Å²) >= 11 is 0.